The van der Waals surface area contributed by atoms with E-state index in [0.29, 0.717) is 5.69 Å². The van der Waals surface area contributed by atoms with Gasteiger partial charge >= 0.3 is 0 Å². The maximum atomic E-state index is 12.7. The first-order valence-corrected chi connectivity index (χ1v) is 4.18. The van der Waals surface area contributed by atoms with E-state index in [1.54, 1.807) is 12.1 Å². The van der Waals surface area contributed by atoms with Crippen molar-refractivity contribution in [2.24, 2.45) is 0 Å². The Morgan fingerprint density at radius 2 is 2.15 bits per heavy atom. The number of nitrogens with one attached hydrogen (secondary N) is 1. The third-order valence-electron chi connectivity index (χ3n) is 1.70. The van der Waals surface area contributed by atoms with Crippen LogP contribution in [0.5, 0.6) is 0 Å². The van der Waals surface area contributed by atoms with Crippen molar-refractivity contribution >= 4 is 5.69 Å². The Hall–Kier alpha value is -1.09. The summed E-state index contributed by atoms with van der Waals surface area (Å²) in [6, 6.07) is 6.18. The lowest BCUT2D eigenvalue weighted by atomic mass is 10.1. The third kappa shape index (κ3) is 3.03. The van der Waals surface area contributed by atoms with Crippen LogP contribution in [0, 0.1) is 5.82 Å². The summed E-state index contributed by atoms with van der Waals surface area (Å²) in [5.41, 5.74) is 0.257. The van der Waals surface area contributed by atoms with E-state index in [-0.39, 0.29) is 12.4 Å². The normalized spacial score (nSPS) is 11.4. The van der Waals surface area contributed by atoms with Crippen LogP contribution in [-0.4, -0.2) is 17.3 Å². The molecule has 0 saturated heterocycles. The Morgan fingerprint density at radius 3 is 2.69 bits per heavy atom. The first kappa shape index (κ1) is 9.99. The number of aliphatic hydroxyl groups excluding tert-OH is 1. The highest BCUT2D eigenvalue weighted by Crippen LogP contribution is 2.15. The van der Waals surface area contributed by atoms with Gasteiger partial charge in [-0.3, -0.25) is 0 Å². The first-order valence-electron chi connectivity index (χ1n) is 4.18. The molecule has 0 aliphatic carbocycles. The van der Waals surface area contributed by atoms with E-state index in [0.717, 1.165) is 0 Å². The maximum Gasteiger partial charge on any atom is 0.125 e. The zero-order valence-corrected chi connectivity index (χ0v) is 7.84. The number of anilines is 1. The van der Waals surface area contributed by atoms with Crippen LogP contribution in [0.15, 0.2) is 24.3 Å². The summed E-state index contributed by atoms with van der Waals surface area (Å²) >= 11 is 0. The van der Waals surface area contributed by atoms with Gasteiger partial charge in [-0.05, 0) is 32.0 Å². The molecule has 0 bridgehead atoms. The highest BCUT2D eigenvalue weighted by Gasteiger charge is 2.15. The molecule has 0 heterocycles. The zero-order chi connectivity index (χ0) is 9.90. The predicted molar refractivity (Wildman–Crippen MR) is 51.2 cm³/mol. The Kier molecular flexibility index (Phi) is 2.88. The average Bonchev–Trinajstić information content (AvgIpc) is 2.03. The van der Waals surface area contributed by atoms with Crippen LogP contribution in [0.2, 0.25) is 0 Å². The molecule has 0 unspecified atom stereocenters. The summed E-state index contributed by atoms with van der Waals surface area (Å²) in [6.45, 7) is 3.69. The lowest BCUT2D eigenvalue weighted by Gasteiger charge is -2.24. The van der Waals surface area contributed by atoms with Gasteiger partial charge < -0.3 is 10.4 Å². The van der Waals surface area contributed by atoms with Crippen molar-refractivity contribution < 1.29 is 9.50 Å². The average molecular weight is 183 g/mol. The summed E-state index contributed by atoms with van der Waals surface area (Å²) < 4.78 is 12.7. The van der Waals surface area contributed by atoms with E-state index in [1.165, 1.54) is 12.1 Å². The SMILES string of the molecule is CC(C)(CO)Nc1cccc(F)c1. The Balaban J connectivity index is 2.74. The number of aliphatic hydroxyl groups is 1. The number of hydrogen-bond acceptors (Lipinski definition) is 2. The number of benzene rings is 1. The molecule has 0 amide bonds. The van der Waals surface area contributed by atoms with Gasteiger partial charge in [0.15, 0.2) is 0 Å². The van der Waals surface area contributed by atoms with Gasteiger partial charge in [0, 0.05) is 5.69 Å². The second-order valence-electron chi connectivity index (χ2n) is 3.68. The molecule has 0 fully saturated rings. The second kappa shape index (κ2) is 3.75. The Bertz CT molecular complexity index is 286. The van der Waals surface area contributed by atoms with E-state index >= 15 is 0 Å². The van der Waals surface area contributed by atoms with Crippen LogP contribution in [0.3, 0.4) is 0 Å². The van der Waals surface area contributed by atoms with Crippen molar-refractivity contribution in [1.82, 2.24) is 0 Å². The van der Waals surface area contributed by atoms with Crippen molar-refractivity contribution in [1.29, 1.82) is 0 Å². The highest BCUT2D eigenvalue weighted by atomic mass is 19.1. The molecule has 2 N–H and O–H groups in total. The van der Waals surface area contributed by atoms with Crippen LogP contribution in [0.25, 0.3) is 0 Å². The number of rotatable bonds is 3. The minimum Gasteiger partial charge on any atom is -0.394 e. The molecule has 0 aliphatic rings. The fraction of sp³-hybridized carbons (Fsp3) is 0.400. The second-order valence-corrected chi connectivity index (χ2v) is 3.68. The molecule has 0 aliphatic heterocycles. The largest absolute Gasteiger partial charge is 0.394 e. The van der Waals surface area contributed by atoms with Gasteiger partial charge in [-0.15, -0.1) is 0 Å². The fourth-order valence-electron chi connectivity index (χ4n) is 0.997. The van der Waals surface area contributed by atoms with E-state index in [1.807, 2.05) is 13.8 Å². The van der Waals surface area contributed by atoms with Crippen molar-refractivity contribution in [3.8, 4) is 0 Å². The van der Waals surface area contributed by atoms with Crippen LogP contribution < -0.4 is 5.32 Å². The molecule has 0 radical (unpaired) electrons. The molecule has 0 aromatic heterocycles. The van der Waals surface area contributed by atoms with Gasteiger partial charge in [0.25, 0.3) is 0 Å². The molecule has 3 heteroatoms. The first-order chi connectivity index (χ1) is 6.03. The lowest BCUT2D eigenvalue weighted by Crippen LogP contribution is -2.34. The van der Waals surface area contributed by atoms with Crippen molar-refractivity contribution in [2.45, 2.75) is 19.4 Å². The molecule has 1 rings (SSSR count). The van der Waals surface area contributed by atoms with Crippen LogP contribution in [-0.2, 0) is 0 Å². The van der Waals surface area contributed by atoms with Crippen molar-refractivity contribution in [2.75, 3.05) is 11.9 Å². The molecule has 2 nitrogen and oxygen atoms in total. The summed E-state index contributed by atoms with van der Waals surface area (Å²) in [7, 11) is 0. The molecular formula is C10H14FNO. The standard InChI is InChI=1S/C10H14FNO/c1-10(2,7-13)12-9-5-3-4-8(11)6-9/h3-6,12-13H,7H2,1-2H3. The molecule has 1 aromatic carbocycles. The number of halogens is 1. The zero-order valence-electron chi connectivity index (χ0n) is 7.84. The van der Waals surface area contributed by atoms with E-state index in [9.17, 15) is 4.39 Å². The van der Waals surface area contributed by atoms with Crippen LogP contribution in [0.4, 0.5) is 10.1 Å². The van der Waals surface area contributed by atoms with Gasteiger partial charge in [0.2, 0.25) is 0 Å². The van der Waals surface area contributed by atoms with Gasteiger partial charge in [-0.2, -0.15) is 0 Å². The Morgan fingerprint density at radius 1 is 1.46 bits per heavy atom. The maximum absolute atomic E-state index is 12.7. The topological polar surface area (TPSA) is 32.3 Å². The predicted octanol–water partition coefficient (Wildman–Crippen LogP) is 2.01. The van der Waals surface area contributed by atoms with Crippen molar-refractivity contribution in [3.05, 3.63) is 30.1 Å². The minimum atomic E-state index is -0.423. The molecule has 0 spiro atoms. The van der Waals surface area contributed by atoms with E-state index in [4.69, 9.17) is 5.11 Å². The van der Waals surface area contributed by atoms with Gasteiger partial charge in [0.1, 0.15) is 5.82 Å². The van der Waals surface area contributed by atoms with Crippen LogP contribution >= 0.6 is 0 Å². The van der Waals surface area contributed by atoms with Gasteiger partial charge in [-0.1, -0.05) is 6.07 Å². The molecule has 0 atom stereocenters. The van der Waals surface area contributed by atoms with Crippen LogP contribution in [0.1, 0.15) is 13.8 Å². The molecule has 1 aromatic rings. The molecule has 13 heavy (non-hydrogen) atoms. The smallest absolute Gasteiger partial charge is 0.125 e. The summed E-state index contributed by atoms with van der Waals surface area (Å²) in [4.78, 5) is 0. The van der Waals surface area contributed by atoms with E-state index < -0.39 is 5.54 Å². The number of hydrogen-bond donors (Lipinski definition) is 2. The summed E-state index contributed by atoms with van der Waals surface area (Å²) in [5, 5.41) is 12.0. The molecular weight excluding hydrogens is 169 g/mol. The molecule has 0 saturated carbocycles. The summed E-state index contributed by atoms with van der Waals surface area (Å²) in [6.07, 6.45) is 0. The summed E-state index contributed by atoms with van der Waals surface area (Å²) in [5.74, 6) is -0.279. The lowest BCUT2D eigenvalue weighted by molar-refractivity contribution is 0.234. The minimum absolute atomic E-state index is 0.00349. The fourth-order valence-corrected chi connectivity index (χ4v) is 0.997. The van der Waals surface area contributed by atoms with E-state index in [2.05, 4.69) is 5.32 Å². The third-order valence-corrected chi connectivity index (χ3v) is 1.70. The highest BCUT2D eigenvalue weighted by molar-refractivity contribution is 5.45. The molecule has 72 valence electrons. The monoisotopic (exact) mass is 183 g/mol. The van der Waals surface area contributed by atoms with Crippen molar-refractivity contribution in [3.63, 3.8) is 0 Å². The van der Waals surface area contributed by atoms with Gasteiger partial charge in [0.05, 0.1) is 12.1 Å². The van der Waals surface area contributed by atoms with Gasteiger partial charge in [-0.25, -0.2) is 4.39 Å². The quantitative estimate of drug-likeness (QED) is 0.751. The Labute approximate surface area is 77.4 Å².